The average molecular weight is 291 g/mol. The number of aryl methyl sites for hydroxylation is 1. The van der Waals surface area contributed by atoms with Crippen LogP contribution in [0.25, 0.3) is 0 Å². The van der Waals surface area contributed by atoms with E-state index in [9.17, 15) is 9.59 Å². The SMILES string of the molecule is C=CC(=O)N1CCC(Nc2ccn(C)n2)(C(=O)NC)CC1. The molecule has 0 radical (unpaired) electrons. The minimum atomic E-state index is -0.735. The Balaban J connectivity index is 2.15. The minimum absolute atomic E-state index is 0.0844. The van der Waals surface area contributed by atoms with Crippen molar-refractivity contribution in [1.29, 1.82) is 0 Å². The van der Waals surface area contributed by atoms with Gasteiger partial charge in [-0.1, -0.05) is 6.58 Å². The van der Waals surface area contributed by atoms with Crippen LogP contribution in [0.1, 0.15) is 12.8 Å². The predicted molar refractivity (Wildman–Crippen MR) is 79.6 cm³/mol. The molecule has 0 atom stereocenters. The molecule has 2 rings (SSSR count). The van der Waals surface area contributed by atoms with E-state index < -0.39 is 5.54 Å². The topological polar surface area (TPSA) is 79.3 Å². The number of likely N-dealkylation sites (N-methyl/N-ethyl adjacent to an activating group) is 1. The highest BCUT2D eigenvalue weighted by Crippen LogP contribution is 2.27. The van der Waals surface area contributed by atoms with Crippen molar-refractivity contribution < 1.29 is 9.59 Å². The normalized spacial score (nSPS) is 17.1. The van der Waals surface area contributed by atoms with Crippen LogP contribution in [0.3, 0.4) is 0 Å². The van der Waals surface area contributed by atoms with E-state index in [0.29, 0.717) is 31.7 Å². The number of carbonyl (C=O) groups excluding carboxylic acids is 2. The number of hydrogen-bond acceptors (Lipinski definition) is 4. The smallest absolute Gasteiger partial charge is 0.245 e. The third-order valence-corrected chi connectivity index (χ3v) is 3.85. The molecule has 21 heavy (non-hydrogen) atoms. The summed E-state index contributed by atoms with van der Waals surface area (Å²) in [7, 11) is 3.44. The second-order valence-corrected chi connectivity index (χ2v) is 5.19. The van der Waals surface area contributed by atoms with Gasteiger partial charge in [0.15, 0.2) is 0 Å². The van der Waals surface area contributed by atoms with Gasteiger partial charge in [0.25, 0.3) is 0 Å². The molecule has 114 valence electrons. The van der Waals surface area contributed by atoms with Gasteiger partial charge in [-0.3, -0.25) is 14.3 Å². The van der Waals surface area contributed by atoms with Gasteiger partial charge >= 0.3 is 0 Å². The molecule has 1 aliphatic heterocycles. The Morgan fingerprint density at radius 1 is 1.43 bits per heavy atom. The highest BCUT2D eigenvalue weighted by molar-refractivity contribution is 5.90. The van der Waals surface area contributed by atoms with Crippen LogP contribution < -0.4 is 10.6 Å². The van der Waals surface area contributed by atoms with Crippen LogP contribution in [0.4, 0.5) is 5.82 Å². The quantitative estimate of drug-likeness (QED) is 0.773. The molecule has 0 spiro atoms. The number of piperidine rings is 1. The first-order valence-corrected chi connectivity index (χ1v) is 6.92. The molecule has 1 aliphatic rings. The molecular formula is C14H21N5O2. The van der Waals surface area contributed by atoms with Crippen molar-refractivity contribution in [3.63, 3.8) is 0 Å². The van der Waals surface area contributed by atoms with Crippen LogP contribution in [0.2, 0.25) is 0 Å². The summed E-state index contributed by atoms with van der Waals surface area (Å²) in [4.78, 5) is 25.7. The second-order valence-electron chi connectivity index (χ2n) is 5.19. The van der Waals surface area contributed by atoms with E-state index in [1.165, 1.54) is 6.08 Å². The molecular weight excluding hydrogens is 270 g/mol. The third-order valence-electron chi connectivity index (χ3n) is 3.85. The predicted octanol–water partition coefficient (Wildman–Crippen LogP) is 0.125. The summed E-state index contributed by atoms with van der Waals surface area (Å²) in [5.41, 5.74) is -0.735. The van der Waals surface area contributed by atoms with Gasteiger partial charge in [-0.2, -0.15) is 5.10 Å². The third kappa shape index (κ3) is 3.07. The Morgan fingerprint density at radius 3 is 2.57 bits per heavy atom. The van der Waals surface area contributed by atoms with E-state index in [4.69, 9.17) is 0 Å². The maximum atomic E-state index is 12.3. The molecule has 2 heterocycles. The molecule has 7 nitrogen and oxygen atoms in total. The van der Waals surface area contributed by atoms with Crippen molar-refractivity contribution >= 4 is 17.6 Å². The zero-order valence-corrected chi connectivity index (χ0v) is 12.4. The summed E-state index contributed by atoms with van der Waals surface area (Å²) in [6, 6.07) is 1.83. The Bertz CT molecular complexity index is 543. The first kappa shape index (κ1) is 15.1. The largest absolute Gasteiger partial charge is 0.357 e. The van der Waals surface area contributed by atoms with E-state index in [0.717, 1.165) is 0 Å². The first-order valence-electron chi connectivity index (χ1n) is 6.92. The fourth-order valence-electron chi connectivity index (χ4n) is 2.61. The van der Waals surface area contributed by atoms with Crippen LogP contribution >= 0.6 is 0 Å². The number of nitrogens with zero attached hydrogens (tertiary/aromatic N) is 3. The van der Waals surface area contributed by atoms with Crippen LogP contribution in [0.15, 0.2) is 24.9 Å². The van der Waals surface area contributed by atoms with Crippen LogP contribution in [0.5, 0.6) is 0 Å². The summed E-state index contributed by atoms with van der Waals surface area (Å²) in [6.45, 7) is 4.52. The number of amides is 2. The molecule has 1 saturated heterocycles. The van der Waals surface area contributed by atoms with Gasteiger partial charge in [0, 0.05) is 39.4 Å². The van der Waals surface area contributed by atoms with Crippen LogP contribution in [0, 0.1) is 0 Å². The van der Waals surface area contributed by atoms with E-state index in [2.05, 4.69) is 22.3 Å². The van der Waals surface area contributed by atoms with Crippen molar-refractivity contribution in [2.45, 2.75) is 18.4 Å². The zero-order valence-electron chi connectivity index (χ0n) is 12.4. The number of nitrogens with one attached hydrogen (secondary N) is 2. The second kappa shape index (κ2) is 5.99. The molecule has 1 aromatic rings. The lowest BCUT2D eigenvalue weighted by atomic mass is 9.86. The maximum absolute atomic E-state index is 12.3. The summed E-state index contributed by atoms with van der Waals surface area (Å²) in [5.74, 6) is 0.474. The molecule has 7 heteroatoms. The van der Waals surface area contributed by atoms with Crippen molar-refractivity contribution in [1.82, 2.24) is 20.0 Å². The van der Waals surface area contributed by atoms with Crippen molar-refractivity contribution in [2.75, 3.05) is 25.5 Å². The Hall–Kier alpha value is -2.31. The Kier molecular flexibility index (Phi) is 4.30. The lowest BCUT2D eigenvalue weighted by Gasteiger charge is -2.40. The molecule has 0 aromatic carbocycles. The lowest BCUT2D eigenvalue weighted by Crippen LogP contribution is -2.58. The zero-order chi connectivity index (χ0) is 15.5. The number of anilines is 1. The Labute approximate surface area is 124 Å². The van der Waals surface area contributed by atoms with Gasteiger partial charge < -0.3 is 15.5 Å². The fourth-order valence-corrected chi connectivity index (χ4v) is 2.61. The number of likely N-dealkylation sites (tertiary alicyclic amines) is 1. The summed E-state index contributed by atoms with van der Waals surface area (Å²) < 4.78 is 1.68. The van der Waals surface area contributed by atoms with Gasteiger partial charge in [-0.25, -0.2) is 0 Å². The molecule has 0 saturated carbocycles. The molecule has 2 amide bonds. The van der Waals surface area contributed by atoms with Crippen molar-refractivity contribution in [3.05, 3.63) is 24.9 Å². The van der Waals surface area contributed by atoms with E-state index >= 15 is 0 Å². The number of aromatic nitrogens is 2. The molecule has 0 bridgehead atoms. The highest BCUT2D eigenvalue weighted by atomic mass is 16.2. The van der Waals surface area contributed by atoms with E-state index in [1.807, 2.05) is 19.3 Å². The highest BCUT2D eigenvalue weighted by Gasteiger charge is 2.42. The summed E-state index contributed by atoms with van der Waals surface area (Å²) in [5, 5.41) is 10.2. The standard InChI is InChI=1S/C14H21N5O2/c1-4-12(20)19-9-6-14(7-10-19,13(21)15-2)16-11-5-8-18(3)17-11/h4-5,8H,1,6-7,9-10H2,2-3H3,(H,15,21)(H,16,17). The van der Waals surface area contributed by atoms with Gasteiger partial charge in [0.1, 0.15) is 11.4 Å². The number of rotatable bonds is 4. The summed E-state index contributed by atoms with van der Waals surface area (Å²) in [6.07, 6.45) is 4.18. The molecule has 0 aliphatic carbocycles. The maximum Gasteiger partial charge on any atom is 0.245 e. The van der Waals surface area contributed by atoms with Gasteiger partial charge in [-0.15, -0.1) is 0 Å². The van der Waals surface area contributed by atoms with Crippen LogP contribution in [-0.4, -0.2) is 52.2 Å². The summed E-state index contributed by atoms with van der Waals surface area (Å²) >= 11 is 0. The first-order chi connectivity index (χ1) is 10.0. The van der Waals surface area contributed by atoms with Gasteiger partial charge in [0.05, 0.1) is 0 Å². The van der Waals surface area contributed by atoms with E-state index in [-0.39, 0.29) is 11.8 Å². The number of hydrogen-bond donors (Lipinski definition) is 2. The monoisotopic (exact) mass is 291 g/mol. The van der Waals surface area contributed by atoms with E-state index in [1.54, 1.807) is 16.6 Å². The average Bonchev–Trinajstić information content (AvgIpc) is 2.91. The molecule has 0 unspecified atom stereocenters. The van der Waals surface area contributed by atoms with Crippen molar-refractivity contribution in [3.8, 4) is 0 Å². The molecule has 1 aromatic heterocycles. The molecule has 1 fully saturated rings. The van der Waals surface area contributed by atoms with Gasteiger partial charge in [0.2, 0.25) is 11.8 Å². The van der Waals surface area contributed by atoms with Crippen molar-refractivity contribution in [2.24, 2.45) is 7.05 Å². The van der Waals surface area contributed by atoms with Crippen LogP contribution in [-0.2, 0) is 16.6 Å². The Morgan fingerprint density at radius 2 is 2.10 bits per heavy atom. The lowest BCUT2D eigenvalue weighted by molar-refractivity contribution is -0.132. The number of carbonyl (C=O) groups is 2. The fraction of sp³-hybridized carbons (Fsp3) is 0.500. The van der Waals surface area contributed by atoms with Gasteiger partial charge in [-0.05, 0) is 18.9 Å². The minimum Gasteiger partial charge on any atom is -0.357 e. The molecule has 2 N–H and O–H groups in total.